The molecule has 0 spiro atoms. The minimum atomic E-state index is -0.134. The summed E-state index contributed by atoms with van der Waals surface area (Å²) in [7, 11) is 0. The molecule has 0 saturated carbocycles. The Morgan fingerprint density at radius 2 is 2.29 bits per heavy atom. The summed E-state index contributed by atoms with van der Waals surface area (Å²) < 4.78 is 5.64. The molecular weight excluding hydrogens is 212 g/mol. The van der Waals surface area contributed by atoms with E-state index < -0.39 is 0 Å². The van der Waals surface area contributed by atoms with Gasteiger partial charge in [-0.25, -0.2) is 0 Å². The normalized spacial score (nSPS) is 28.2. The zero-order chi connectivity index (χ0) is 12.3. The third-order valence-corrected chi connectivity index (χ3v) is 3.66. The van der Waals surface area contributed by atoms with Crippen LogP contribution in [0.15, 0.2) is 36.9 Å². The first kappa shape index (κ1) is 12.3. The molecule has 1 fully saturated rings. The SMILES string of the molecule is C=C[C@@H]1C[C@@](CO)(Cc2ccccc2C)CO1. The molecule has 1 N–H and O–H groups in total. The Hall–Kier alpha value is -1.12. The highest BCUT2D eigenvalue weighted by Crippen LogP contribution is 2.36. The van der Waals surface area contributed by atoms with Crippen LogP contribution in [-0.2, 0) is 11.2 Å². The summed E-state index contributed by atoms with van der Waals surface area (Å²) in [5.41, 5.74) is 2.45. The van der Waals surface area contributed by atoms with Crippen LogP contribution in [0.3, 0.4) is 0 Å². The number of aliphatic hydroxyl groups is 1. The van der Waals surface area contributed by atoms with E-state index in [-0.39, 0.29) is 18.1 Å². The number of benzene rings is 1. The Morgan fingerprint density at radius 1 is 1.53 bits per heavy atom. The highest BCUT2D eigenvalue weighted by molar-refractivity contribution is 5.27. The highest BCUT2D eigenvalue weighted by atomic mass is 16.5. The quantitative estimate of drug-likeness (QED) is 0.808. The van der Waals surface area contributed by atoms with Gasteiger partial charge in [-0.3, -0.25) is 0 Å². The fourth-order valence-corrected chi connectivity index (χ4v) is 2.48. The van der Waals surface area contributed by atoms with Gasteiger partial charge in [0.05, 0.1) is 19.3 Å². The van der Waals surface area contributed by atoms with Crippen molar-refractivity contribution in [1.82, 2.24) is 0 Å². The smallest absolute Gasteiger partial charge is 0.0760 e. The van der Waals surface area contributed by atoms with Crippen molar-refractivity contribution >= 4 is 0 Å². The van der Waals surface area contributed by atoms with E-state index in [0.29, 0.717) is 6.61 Å². The molecule has 17 heavy (non-hydrogen) atoms. The first-order valence-electron chi connectivity index (χ1n) is 6.09. The second-order valence-corrected chi connectivity index (χ2v) is 5.05. The summed E-state index contributed by atoms with van der Waals surface area (Å²) in [4.78, 5) is 0. The Kier molecular flexibility index (Phi) is 3.65. The van der Waals surface area contributed by atoms with Gasteiger partial charge in [-0.15, -0.1) is 6.58 Å². The molecule has 1 aromatic carbocycles. The number of rotatable bonds is 4. The maximum Gasteiger partial charge on any atom is 0.0760 e. The molecule has 0 amide bonds. The molecule has 1 aliphatic heterocycles. The van der Waals surface area contributed by atoms with E-state index in [9.17, 15) is 5.11 Å². The standard InChI is InChI=1S/C15H20O2/c1-3-14-9-15(10-16,11-17-14)8-13-7-5-4-6-12(13)2/h3-7,14,16H,1,8-11H2,2H3/t14-,15-/m1/s1. The Bertz CT molecular complexity index is 400. The molecule has 2 atom stereocenters. The minimum absolute atomic E-state index is 0.0890. The molecule has 92 valence electrons. The molecule has 1 saturated heterocycles. The summed E-state index contributed by atoms with van der Waals surface area (Å²) in [6.45, 7) is 6.66. The van der Waals surface area contributed by atoms with Crippen LogP contribution in [-0.4, -0.2) is 24.4 Å². The van der Waals surface area contributed by atoms with Crippen LogP contribution in [0.5, 0.6) is 0 Å². The Labute approximate surface area is 103 Å². The lowest BCUT2D eigenvalue weighted by atomic mass is 9.79. The maximum absolute atomic E-state index is 9.67. The highest BCUT2D eigenvalue weighted by Gasteiger charge is 2.38. The Morgan fingerprint density at radius 3 is 2.88 bits per heavy atom. The third kappa shape index (κ3) is 2.59. The summed E-state index contributed by atoms with van der Waals surface area (Å²) >= 11 is 0. The number of hydrogen-bond acceptors (Lipinski definition) is 2. The average molecular weight is 232 g/mol. The first-order chi connectivity index (χ1) is 8.19. The van der Waals surface area contributed by atoms with E-state index in [2.05, 4.69) is 25.6 Å². The second kappa shape index (κ2) is 5.03. The molecule has 2 nitrogen and oxygen atoms in total. The predicted octanol–water partition coefficient (Wildman–Crippen LogP) is 2.49. The number of aliphatic hydroxyl groups excluding tert-OH is 1. The molecule has 2 rings (SSSR count). The van der Waals surface area contributed by atoms with Crippen molar-refractivity contribution in [2.24, 2.45) is 5.41 Å². The molecule has 1 aromatic rings. The van der Waals surface area contributed by atoms with Crippen molar-refractivity contribution in [3.63, 3.8) is 0 Å². The Balaban J connectivity index is 2.16. The van der Waals surface area contributed by atoms with Crippen LogP contribution in [0.25, 0.3) is 0 Å². The molecular formula is C15H20O2. The van der Waals surface area contributed by atoms with Gasteiger partial charge < -0.3 is 9.84 Å². The zero-order valence-corrected chi connectivity index (χ0v) is 10.4. The lowest BCUT2D eigenvalue weighted by Gasteiger charge is -2.25. The van der Waals surface area contributed by atoms with Crippen molar-refractivity contribution in [3.8, 4) is 0 Å². The first-order valence-corrected chi connectivity index (χ1v) is 6.09. The molecule has 1 heterocycles. The van der Waals surface area contributed by atoms with E-state index in [4.69, 9.17) is 4.74 Å². The number of hydrogen-bond donors (Lipinski definition) is 1. The van der Waals surface area contributed by atoms with Gasteiger partial charge in [-0.1, -0.05) is 30.3 Å². The average Bonchev–Trinajstić information content (AvgIpc) is 2.76. The van der Waals surface area contributed by atoms with Crippen molar-refractivity contribution in [2.75, 3.05) is 13.2 Å². The van der Waals surface area contributed by atoms with Crippen LogP contribution in [0, 0.1) is 12.3 Å². The molecule has 0 unspecified atom stereocenters. The number of ether oxygens (including phenoxy) is 1. The van der Waals surface area contributed by atoms with E-state index in [0.717, 1.165) is 12.8 Å². The maximum atomic E-state index is 9.67. The molecule has 0 aromatic heterocycles. The third-order valence-electron chi connectivity index (χ3n) is 3.66. The van der Waals surface area contributed by atoms with E-state index >= 15 is 0 Å². The summed E-state index contributed by atoms with van der Waals surface area (Å²) in [5, 5.41) is 9.67. The van der Waals surface area contributed by atoms with E-state index in [1.54, 1.807) is 0 Å². The van der Waals surface area contributed by atoms with Crippen LogP contribution in [0.1, 0.15) is 17.5 Å². The van der Waals surface area contributed by atoms with Gasteiger partial charge in [-0.2, -0.15) is 0 Å². The van der Waals surface area contributed by atoms with E-state index in [1.807, 2.05) is 18.2 Å². The predicted molar refractivity (Wildman–Crippen MR) is 69.0 cm³/mol. The van der Waals surface area contributed by atoms with Gasteiger partial charge in [0.25, 0.3) is 0 Å². The minimum Gasteiger partial charge on any atom is -0.396 e. The monoisotopic (exact) mass is 232 g/mol. The van der Waals surface area contributed by atoms with Gasteiger partial charge in [-0.05, 0) is 30.9 Å². The van der Waals surface area contributed by atoms with Crippen molar-refractivity contribution < 1.29 is 9.84 Å². The van der Waals surface area contributed by atoms with Crippen molar-refractivity contribution in [1.29, 1.82) is 0 Å². The van der Waals surface area contributed by atoms with Crippen molar-refractivity contribution in [2.45, 2.75) is 25.9 Å². The summed E-state index contributed by atoms with van der Waals surface area (Å²) in [5.74, 6) is 0. The fraction of sp³-hybridized carbons (Fsp3) is 0.467. The largest absolute Gasteiger partial charge is 0.396 e. The van der Waals surface area contributed by atoms with Crippen LogP contribution >= 0.6 is 0 Å². The lowest BCUT2D eigenvalue weighted by Crippen LogP contribution is -2.29. The van der Waals surface area contributed by atoms with E-state index in [1.165, 1.54) is 11.1 Å². The van der Waals surface area contributed by atoms with Gasteiger partial charge in [0.1, 0.15) is 0 Å². The molecule has 2 heteroatoms. The molecule has 1 aliphatic rings. The zero-order valence-electron chi connectivity index (χ0n) is 10.4. The second-order valence-electron chi connectivity index (χ2n) is 5.05. The number of aryl methyl sites for hydroxylation is 1. The van der Waals surface area contributed by atoms with Crippen LogP contribution < -0.4 is 0 Å². The fourth-order valence-electron chi connectivity index (χ4n) is 2.48. The molecule has 0 bridgehead atoms. The molecule has 0 aliphatic carbocycles. The van der Waals surface area contributed by atoms with Crippen molar-refractivity contribution in [3.05, 3.63) is 48.0 Å². The van der Waals surface area contributed by atoms with Crippen LogP contribution in [0.2, 0.25) is 0 Å². The summed E-state index contributed by atoms with van der Waals surface area (Å²) in [6, 6.07) is 8.34. The van der Waals surface area contributed by atoms with Gasteiger partial charge in [0.15, 0.2) is 0 Å². The van der Waals surface area contributed by atoms with Gasteiger partial charge >= 0.3 is 0 Å². The molecule has 0 radical (unpaired) electrons. The van der Waals surface area contributed by atoms with Gasteiger partial charge in [0, 0.05) is 5.41 Å². The lowest BCUT2D eigenvalue weighted by molar-refractivity contribution is 0.0834. The summed E-state index contributed by atoms with van der Waals surface area (Å²) in [6.07, 6.45) is 3.66. The van der Waals surface area contributed by atoms with Crippen LogP contribution in [0.4, 0.5) is 0 Å². The van der Waals surface area contributed by atoms with Gasteiger partial charge in [0.2, 0.25) is 0 Å². The topological polar surface area (TPSA) is 29.5 Å².